The molecule has 2 fully saturated rings. The summed E-state index contributed by atoms with van der Waals surface area (Å²) in [5, 5.41) is 56.6. The molecule has 2 aliphatic heterocycles. The summed E-state index contributed by atoms with van der Waals surface area (Å²) in [6.07, 6.45) is -6.55. The minimum absolute atomic E-state index is 0.00866. The van der Waals surface area contributed by atoms with Crippen molar-refractivity contribution >= 4 is 16.6 Å². The number of ether oxygens (including phenoxy) is 2. The van der Waals surface area contributed by atoms with Crippen LogP contribution in [0.1, 0.15) is 54.4 Å². The smallest absolute Gasteiger partial charge is 0.192 e. The Labute approximate surface area is 218 Å². The van der Waals surface area contributed by atoms with E-state index in [1.807, 2.05) is 0 Å². The zero-order chi connectivity index (χ0) is 28.3. The Hall–Kier alpha value is 0.0338. The number of hydrogen-bond acceptors (Lipinski definition) is 10. The van der Waals surface area contributed by atoms with E-state index in [1.165, 1.54) is 0 Å². The van der Waals surface area contributed by atoms with E-state index in [0.717, 1.165) is 0 Å². The summed E-state index contributed by atoms with van der Waals surface area (Å²) < 4.78 is 22.8. The Kier molecular flexibility index (Phi) is 12.2. The van der Waals surface area contributed by atoms with Gasteiger partial charge in [-0.2, -0.15) is 0 Å². The van der Waals surface area contributed by atoms with E-state index in [0.29, 0.717) is 13.0 Å². The highest BCUT2D eigenvalue weighted by Gasteiger charge is 2.46. The summed E-state index contributed by atoms with van der Waals surface area (Å²) in [5.41, 5.74) is 0. The molecule has 2 saturated heterocycles. The van der Waals surface area contributed by atoms with E-state index >= 15 is 0 Å². The van der Waals surface area contributed by atoms with Crippen LogP contribution in [0.15, 0.2) is 0 Å². The van der Waals surface area contributed by atoms with Gasteiger partial charge in [0.05, 0.1) is 37.6 Å². The summed E-state index contributed by atoms with van der Waals surface area (Å²) in [4.78, 5) is 0. The van der Waals surface area contributed by atoms with Crippen LogP contribution >= 0.6 is 0 Å². The van der Waals surface area contributed by atoms with Crippen molar-refractivity contribution in [2.75, 3.05) is 13.2 Å². The molecule has 0 aromatic rings. The lowest BCUT2D eigenvalue weighted by atomic mass is 10.0. The van der Waals surface area contributed by atoms with Gasteiger partial charge in [-0.1, -0.05) is 41.5 Å². The van der Waals surface area contributed by atoms with Gasteiger partial charge in [0.25, 0.3) is 0 Å². The molecule has 10 nitrogen and oxygen atoms in total. The maximum Gasteiger partial charge on any atom is 0.192 e. The van der Waals surface area contributed by atoms with Gasteiger partial charge in [0.15, 0.2) is 29.2 Å². The summed E-state index contributed by atoms with van der Waals surface area (Å²) >= 11 is 0. The van der Waals surface area contributed by atoms with Crippen molar-refractivity contribution in [3.63, 3.8) is 0 Å². The van der Waals surface area contributed by atoms with Crippen molar-refractivity contribution in [3.8, 4) is 0 Å². The quantitative estimate of drug-likeness (QED) is 0.266. The number of rotatable bonds is 6. The van der Waals surface area contributed by atoms with Gasteiger partial charge in [-0.05, 0) is 36.3 Å². The molecule has 0 aromatic carbocycles. The zero-order valence-electron chi connectivity index (χ0n) is 23.8. The molecule has 2 aliphatic rings. The molecule has 4 unspecified atom stereocenters. The van der Waals surface area contributed by atoms with Gasteiger partial charge in [-0.25, -0.2) is 0 Å². The molecule has 12 heteroatoms. The standard InChI is InChI=1S/C18H40O5Si2.C6H12O5/c1-17(2,3)24(7,8)21-12-13-11-14(19)15(16(20)22-13)23-25(9,10)18(4,5)6;7-2-3-1-4(8)5(9)6(10)11-3/h13-16,19-20H,11-12H2,1-10H3;3-10H,1-2H2/t13?,14-,15?,16-;3?,4-,5?,6-/m00/s1. The van der Waals surface area contributed by atoms with Gasteiger partial charge in [-0.3, -0.25) is 0 Å². The van der Waals surface area contributed by atoms with Crippen LogP contribution in [0.25, 0.3) is 0 Å². The van der Waals surface area contributed by atoms with Crippen LogP contribution in [-0.2, 0) is 18.3 Å². The molecular formula is C24H52O10Si2. The molecular weight excluding hydrogens is 504 g/mol. The SMILES string of the molecule is CC(C)(C)[Si](C)(C)OCC1C[C@H](O)C(O[Si](C)(C)C(C)(C)C)[C@@H](O)O1.OCC1C[C@H](O)C(O)[C@@H](O)O1. The van der Waals surface area contributed by atoms with Crippen molar-refractivity contribution in [1.82, 2.24) is 0 Å². The fraction of sp³-hybridized carbons (Fsp3) is 1.00. The molecule has 2 rings (SSSR count). The van der Waals surface area contributed by atoms with Crippen molar-refractivity contribution in [2.24, 2.45) is 0 Å². The van der Waals surface area contributed by atoms with Crippen LogP contribution in [0, 0.1) is 0 Å². The molecule has 0 spiro atoms. The Morgan fingerprint density at radius 3 is 1.61 bits per heavy atom. The molecule has 0 radical (unpaired) electrons. The molecule has 0 saturated carbocycles. The fourth-order valence-corrected chi connectivity index (χ4v) is 5.60. The lowest BCUT2D eigenvalue weighted by Crippen LogP contribution is -2.57. The summed E-state index contributed by atoms with van der Waals surface area (Å²) in [5.74, 6) is 0. The largest absolute Gasteiger partial charge is 0.414 e. The summed E-state index contributed by atoms with van der Waals surface area (Å²) in [6.45, 7) is 21.7. The Morgan fingerprint density at radius 2 is 1.19 bits per heavy atom. The van der Waals surface area contributed by atoms with Crippen molar-refractivity contribution in [1.29, 1.82) is 0 Å². The van der Waals surface area contributed by atoms with Crippen LogP contribution in [0.5, 0.6) is 0 Å². The second kappa shape index (κ2) is 12.9. The first-order valence-electron chi connectivity index (χ1n) is 12.8. The first-order chi connectivity index (χ1) is 16.1. The zero-order valence-corrected chi connectivity index (χ0v) is 25.8. The van der Waals surface area contributed by atoms with Crippen molar-refractivity contribution in [2.45, 2.75) is 140 Å². The van der Waals surface area contributed by atoms with E-state index in [1.54, 1.807) is 0 Å². The second-order valence-electron chi connectivity index (χ2n) is 13.0. The van der Waals surface area contributed by atoms with E-state index in [4.69, 9.17) is 38.8 Å². The predicted molar refractivity (Wildman–Crippen MR) is 141 cm³/mol. The van der Waals surface area contributed by atoms with Gasteiger partial charge in [0.1, 0.15) is 12.2 Å². The normalized spacial score (nSPS) is 34.7. The minimum atomic E-state index is -2.10. The fourth-order valence-electron chi connectivity index (χ4n) is 3.25. The lowest BCUT2D eigenvalue weighted by molar-refractivity contribution is -0.251. The average Bonchev–Trinajstić information content (AvgIpc) is 2.71. The highest BCUT2D eigenvalue weighted by Crippen LogP contribution is 2.40. The molecule has 36 heavy (non-hydrogen) atoms. The summed E-state index contributed by atoms with van der Waals surface area (Å²) in [6, 6.07) is 0. The highest BCUT2D eigenvalue weighted by molar-refractivity contribution is 6.74. The van der Waals surface area contributed by atoms with Crippen LogP contribution < -0.4 is 0 Å². The molecule has 0 amide bonds. The van der Waals surface area contributed by atoms with Crippen LogP contribution in [0.3, 0.4) is 0 Å². The monoisotopic (exact) mass is 556 g/mol. The van der Waals surface area contributed by atoms with E-state index in [2.05, 4.69) is 67.7 Å². The average molecular weight is 557 g/mol. The van der Waals surface area contributed by atoms with Crippen LogP contribution in [0.2, 0.25) is 36.3 Å². The molecule has 0 aromatic heterocycles. The highest BCUT2D eigenvalue weighted by atomic mass is 28.4. The van der Waals surface area contributed by atoms with Crippen LogP contribution in [0.4, 0.5) is 0 Å². The van der Waals surface area contributed by atoms with Gasteiger partial charge in [0.2, 0.25) is 0 Å². The molecule has 216 valence electrons. The third-order valence-corrected chi connectivity index (χ3v) is 16.9. The van der Waals surface area contributed by atoms with E-state index in [9.17, 15) is 10.2 Å². The van der Waals surface area contributed by atoms with Crippen molar-refractivity contribution < 1.29 is 49.0 Å². The third-order valence-electron chi connectivity index (χ3n) is 7.90. The van der Waals surface area contributed by atoms with Crippen molar-refractivity contribution in [3.05, 3.63) is 0 Å². The molecule has 0 bridgehead atoms. The first-order valence-corrected chi connectivity index (χ1v) is 18.6. The van der Waals surface area contributed by atoms with Gasteiger partial charge in [-0.15, -0.1) is 0 Å². The molecule has 2 heterocycles. The molecule has 8 atom stereocenters. The number of aliphatic hydroxyl groups is 6. The molecule has 6 N–H and O–H groups in total. The van der Waals surface area contributed by atoms with Gasteiger partial charge in [0, 0.05) is 12.8 Å². The first kappa shape index (κ1) is 34.1. The Bertz CT molecular complexity index is 640. The summed E-state index contributed by atoms with van der Waals surface area (Å²) in [7, 11) is -3.98. The second-order valence-corrected chi connectivity index (χ2v) is 22.6. The van der Waals surface area contributed by atoms with Gasteiger partial charge < -0.3 is 49.0 Å². The van der Waals surface area contributed by atoms with E-state index < -0.39 is 59.7 Å². The molecule has 0 aliphatic carbocycles. The number of aliphatic hydroxyl groups excluding tert-OH is 6. The topological polar surface area (TPSA) is 158 Å². The maximum atomic E-state index is 10.5. The number of hydrogen-bond donors (Lipinski definition) is 6. The predicted octanol–water partition coefficient (Wildman–Crippen LogP) is 1.67. The lowest BCUT2D eigenvalue weighted by Gasteiger charge is -2.45. The Balaban J connectivity index is 0.000000488. The minimum Gasteiger partial charge on any atom is -0.414 e. The van der Waals surface area contributed by atoms with Gasteiger partial charge >= 0.3 is 0 Å². The third kappa shape index (κ3) is 9.35. The maximum absolute atomic E-state index is 10.5. The van der Waals surface area contributed by atoms with E-state index in [-0.39, 0.29) is 29.2 Å². The Morgan fingerprint density at radius 1 is 0.722 bits per heavy atom. The van der Waals surface area contributed by atoms with Crippen LogP contribution in [-0.4, -0.2) is 110 Å².